The molecule has 1 aromatic heterocycles. The molecule has 1 unspecified atom stereocenters. The van der Waals surface area contributed by atoms with E-state index >= 15 is 0 Å². The molecule has 0 spiro atoms. The van der Waals surface area contributed by atoms with Gasteiger partial charge >= 0.3 is 0 Å². The fourth-order valence-electron chi connectivity index (χ4n) is 2.30. The number of hydrogen-bond donors (Lipinski definition) is 1. The van der Waals surface area contributed by atoms with E-state index in [2.05, 4.69) is 44.1 Å². The Bertz CT molecular complexity index is 346. The molecule has 0 saturated heterocycles. The maximum absolute atomic E-state index is 5.66. The number of rotatable bonds is 9. The molecule has 0 bridgehead atoms. The molecule has 0 aliphatic rings. The van der Waals surface area contributed by atoms with Crippen molar-refractivity contribution in [2.45, 2.75) is 53.1 Å². The standard InChI is InChI=1S/C16H30N2O/c1-6-7-15(11-17-10-13(2)3)18(5)12-16-9-8-14(4)19-16/h8-9,13,15,17H,6-7,10-12H2,1-5H3. The fraction of sp³-hybridized carbons (Fsp3) is 0.750. The van der Waals surface area contributed by atoms with Crippen LogP contribution in [0.25, 0.3) is 0 Å². The molecule has 1 heterocycles. The third-order valence-electron chi connectivity index (χ3n) is 3.38. The van der Waals surface area contributed by atoms with Crippen molar-refractivity contribution in [3.05, 3.63) is 23.7 Å². The van der Waals surface area contributed by atoms with E-state index < -0.39 is 0 Å². The molecule has 3 heteroatoms. The van der Waals surface area contributed by atoms with Crippen LogP contribution < -0.4 is 5.32 Å². The zero-order valence-corrected chi connectivity index (χ0v) is 13.2. The third kappa shape index (κ3) is 6.26. The first-order chi connectivity index (χ1) is 9.02. The molecule has 3 nitrogen and oxygen atoms in total. The number of nitrogens with zero attached hydrogens (tertiary/aromatic N) is 1. The smallest absolute Gasteiger partial charge is 0.118 e. The first-order valence-corrected chi connectivity index (χ1v) is 7.49. The summed E-state index contributed by atoms with van der Waals surface area (Å²) >= 11 is 0. The Hall–Kier alpha value is -0.800. The van der Waals surface area contributed by atoms with Crippen molar-refractivity contribution in [1.29, 1.82) is 0 Å². The highest BCUT2D eigenvalue weighted by Crippen LogP contribution is 2.12. The predicted molar refractivity (Wildman–Crippen MR) is 81.3 cm³/mol. The van der Waals surface area contributed by atoms with Crippen molar-refractivity contribution >= 4 is 0 Å². The van der Waals surface area contributed by atoms with Crippen LogP contribution in [0.3, 0.4) is 0 Å². The number of nitrogens with one attached hydrogen (secondary N) is 1. The van der Waals surface area contributed by atoms with Crippen LogP contribution in [0.4, 0.5) is 0 Å². The van der Waals surface area contributed by atoms with Gasteiger partial charge in [0.15, 0.2) is 0 Å². The zero-order chi connectivity index (χ0) is 14.3. The van der Waals surface area contributed by atoms with Gasteiger partial charge in [-0.15, -0.1) is 0 Å². The van der Waals surface area contributed by atoms with Gasteiger partial charge in [0.05, 0.1) is 6.54 Å². The summed E-state index contributed by atoms with van der Waals surface area (Å²) in [5, 5.41) is 3.57. The molecule has 0 amide bonds. The lowest BCUT2D eigenvalue weighted by Crippen LogP contribution is -2.40. The Morgan fingerprint density at radius 1 is 1.26 bits per heavy atom. The monoisotopic (exact) mass is 266 g/mol. The average Bonchev–Trinajstić information content (AvgIpc) is 2.73. The van der Waals surface area contributed by atoms with E-state index in [1.165, 1.54) is 12.8 Å². The maximum atomic E-state index is 5.66. The van der Waals surface area contributed by atoms with Crippen molar-refractivity contribution in [3.63, 3.8) is 0 Å². The van der Waals surface area contributed by atoms with Gasteiger partial charge in [0.2, 0.25) is 0 Å². The van der Waals surface area contributed by atoms with E-state index in [9.17, 15) is 0 Å². The lowest BCUT2D eigenvalue weighted by Gasteiger charge is -2.27. The molecule has 0 fully saturated rings. The quantitative estimate of drug-likeness (QED) is 0.742. The minimum absolute atomic E-state index is 0.578. The number of hydrogen-bond acceptors (Lipinski definition) is 3. The second-order valence-electron chi connectivity index (χ2n) is 5.92. The Morgan fingerprint density at radius 2 is 2.00 bits per heavy atom. The van der Waals surface area contributed by atoms with Gasteiger partial charge in [-0.1, -0.05) is 27.2 Å². The van der Waals surface area contributed by atoms with Crippen molar-refractivity contribution in [3.8, 4) is 0 Å². The molecular weight excluding hydrogens is 236 g/mol. The highest BCUT2D eigenvalue weighted by Gasteiger charge is 2.15. The van der Waals surface area contributed by atoms with E-state index in [4.69, 9.17) is 4.42 Å². The first kappa shape index (κ1) is 16.3. The van der Waals surface area contributed by atoms with Crippen molar-refractivity contribution < 1.29 is 4.42 Å². The Kier molecular flexibility index (Phi) is 7.17. The van der Waals surface area contributed by atoms with Crippen LogP contribution in [0.2, 0.25) is 0 Å². The number of aryl methyl sites for hydroxylation is 1. The Morgan fingerprint density at radius 3 is 2.53 bits per heavy atom. The lowest BCUT2D eigenvalue weighted by atomic mass is 10.1. The van der Waals surface area contributed by atoms with Crippen LogP contribution in [-0.4, -0.2) is 31.1 Å². The van der Waals surface area contributed by atoms with E-state index in [1.807, 2.05) is 13.0 Å². The Balaban J connectivity index is 2.44. The summed E-state index contributed by atoms with van der Waals surface area (Å²) in [5.41, 5.74) is 0. The summed E-state index contributed by atoms with van der Waals surface area (Å²) in [6.07, 6.45) is 2.44. The molecule has 0 saturated carbocycles. The summed E-state index contributed by atoms with van der Waals surface area (Å²) in [7, 11) is 2.19. The Labute approximate surface area is 118 Å². The van der Waals surface area contributed by atoms with Crippen LogP contribution >= 0.6 is 0 Å². The molecule has 1 atom stereocenters. The second kappa shape index (κ2) is 8.39. The van der Waals surface area contributed by atoms with Crippen LogP contribution in [-0.2, 0) is 6.54 Å². The topological polar surface area (TPSA) is 28.4 Å². The van der Waals surface area contributed by atoms with Gasteiger partial charge in [-0.05, 0) is 45.0 Å². The summed E-state index contributed by atoms with van der Waals surface area (Å²) in [6, 6.07) is 4.69. The summed E-state index contributed by atoms with van der Waals surface area (Å²) in [6.45, 7) is 11.8. The normalized spacial score (nSPS) is 13.4. The van der Waals surface area contributed by atoms with Crippen LogP contribution in [0.1, 0.15) is 45.1 Å². The zero-order valence-electron chi connectivity index (χ0n) is 13.2. The minimum atomic E-state index is 0.578. The van der Waals surface area contributed by atoms with Gasteiger partial charge in [0.25, 0.3) is 0 Å². The van der Waals surface area contributed by atoms with E-state index in [0.29, 0.717) is 12.0 Å². The SMILES string of the molecule is CCCC(CNCC(C)C)N(C)Cc1ccc(C)o1. The highest BCUT2D eigenvalue weighted by molar-refractivity contribution is 5.05. The minimum Gasteiger partial charge on any atom is -0.465 e. The molecule has 110 valence electrons. The fourth-order valence-corrected chi connectivity index (χ4v) is 2.30. The van der Waals surface area contributed by atoms with Crippen molar-refractivity contribution in [1.82, 2.24) is 10.2 Å². The molecule has 0 radical (unpaired) electrons. The molecular formula is C16H30N2O. The molecule has 1 rings (SSSR count). The van der Waals surface area contributed by atoms with Crippen LogP contribution in [0.15, 0.2) is 16.5 Å². The second-order valence-corrected chi connectivity index (χ2v) is 5.92. The lowest BCUT2D eigenvalue weighted by molar-refractivity contribution is 0.198. The van der Waals surface area contributed by atoms with Crippen molar-refractivity contribution in [2.24, 2.45) is 5.92 Å². The molecule has 0 aromatic carbocycles. The average molecular weight is 266 g/mol. The van der Waals surface area contributed by atoms with Gasteiger partial charge in [-0.3, -0.25) is 4.90 Å². The van der Waals surface area contributed by atoms with Gasteiger partial charge in [-0.25, -0.2) is 0 Å². The van der Waals surface area contributed by atoms with Gasteiger partial charge < -0.3 is 9.73 Å². The highest BCUT2D eigenvalue weighted by atomic mass is 16.3. The summed E-state index contributed by atoms with van der Waals surface area (Å²) in [5.74, 6) is 2.76. The molecule has 1 N–H and O–H groups in total. The predicted octanol–water partition coefficient (Wildman–Crippen LogP) is 3.43. The molecule has 0 aliphatic carbocycles. The van der Waals surface area contributed by atoms with Crippen LogP contribution in [0, 0.1) is 12.8 Å². The van der Waals surface area contributed by atoms with Crippen molar-refractivity contribution in [2.75, 3.05) is 20.1 Å². The van der Waals surface area contributed by atoms with E-state index in [0.717, 1.165) is 31.2 Å². The summed E-state index contributed by atoms with van der Waals surface area (Å²) in [4.78, 5) is 2.40. The first-order valence-electron chi connectivity index (χ1n) is 7.49. The van der Waals surface area contributed by atoms with Gasteiger partial charge in [-0.2, -0.15) is 0 Å². The third-order valence-corrected chi connectivity index (χ3v) is 3.38. The number of furan rings is 1. The van der Waals surface area contributed by atoms with Gasteiger partial charge in [0.1, 0.15) is 11.5 Å². The molecule has 19 heavy (non-hydrogen) atoms. The largest absolute Gasteiger partial charge is 0.465 e. The maximum Gasteiger partial charge on any atom is 0.118 e. The van der Waals surface area contributed by atoms with Gasteiger partial charge in [0, 0.05) is 12.6 Å². The summed E-state index contributed by atoms with van der Waals surface area (Å²) < 4.78 is 5.66. The van der Waals surface area contributed by atoms with Crippen LogP contribution in [0.5, 0.6) is 0 Å². The number of likely N-dealkylation sites (N-methyl/N-ethyl adjacent to an activating group) is 1. The molecule has 0 aliphatic heterocycles. The van der Waals surface area contributed by atoms with E-state index in [1.54, 1.807) is 0 Å². The molecule has 1 aromatic rings. The van der Waals surface area contributed by atoms with E-state index in [-0.39, 0.29) is 0 Å².